The summed E-state index contributed by atoms with van der Waals surface area (Å²) in [6.45, 7) is 2.25. The van der Waals surface area contributed by atoms with Gasteiger partial charge >= 0.3 is 0 Å². The number of hydrogen-bond donors (Lipinski definition) is 1. The van der Waals surface area contributed by atoms with Crippen molar-refractivity contribution in [1.82, 2.24) is 9.97 Å². The zero-order valence-electron chi connectivity index (χ0n) is 11.2. The molecule has 0 amide bonds. The van der Waals surface area contributed by atoms with Gasteiger partial charge in [0.1, 0.15) is 11.3 Å². The average Bonchev–Trinajstić information content (AvgIpc) is 2.38. The van der Waals surface area contributed by atoms with Crippen molar-refractivity contribution in [3.05, 3.63) is 52.0 Å². The van der Waals surface area contributed by atoms with Gasteiger partial charge < -0.3 is 10.0 Å². The molecule has 1 N–H and O–H groups in total. The highest BCUT2D eigenvalue weighted by atomic mass is 35.5. The zero-order valence-corrected chi connectivity index (χ0v) is 12.7. The lowest BCUT2D eigenvalue weighted by Crippen LogP contribution is -2.25. The Kier molecular flexibility index (Phi) is 4.81. The topological polar surface area (TPSA) is 49.2 Å². The van der Waals surface area contributed by atoms with Gasteiger partial charge in [0.15, 0.2) is 5.15 Å². The molecule has 2 rings (SSSR count). The van der Waals surface area contributed by atoms with Gasteiger partial charge in [-0.25, -0.2) is 4.98 Å². The molecule has 4 nitrogen and oxygen atoms in total. The van der Waals surface area contributed by atoms with Crippen LogP contribution in [0.3, 0.4) is 0 Å². The van der Waals surface area contributed by atoms with Crippen LogP contribution < -0.4 is 4.90 Å². The van der Waals surface area contributed by atoms with Crippen molar-refractivity contribution in [2.75, 3.05) is 18.5 Å². The molecular formula is C14H15Cl2N3O. The van der Waals surface area contributed by atoms with E-state index in [1.807, 2.05) is 31.0 Å². The highest BCUT2D eigenvalue weighted by Gasteiger charge is 2.15. The molecule has 0 fully saturated rings. The van der Waals surface area contributed by atoms with Gasteiger partial charge in [-0.1, -0.05) is 29.3 Å². The number of aryl methyl sites for hydroxylation is 1. The number of likely N-dealkylation sites (N-methyl/N-ethyl adjacent to an activating group) is 1. The fraction of sp³-hybridized carbons (Fsp3) is 0.286. The van der Waals surface area contributed by atoms with Crippen LogP contribution in [0.2, 0.25) is 10.3 Å². The molecule has 1 atom stereocenters. The first-order chi connectivity index (χ1) is 9.47. The van der Waals surface area contributed by atoms with Gasteiger partial charge in [0.2, 0.25) is 0 Å². The van der Waals surface area contributed by atoms with E-state index in [1.54, 1.807) is 18.2 Å². The van der Waals surface area contributed by atoms with Gasteiger partial charge in [0.25, 0.3) is 0 Å². The van der Waals surface area contributed by atoms with Gasteiger partial charge in [0.05, 0.1) is 11.4 Å². The van der Waals surface area contributed by atoms with Crippen LogP contribution in [-0.4, -0.2) is 28.7 Å². The lowest BCUT2D eigenvalue weighted by molar-refractivity contribution is 0.180. The standard InChI is InChI=1S/C14H15Cl2N3O/c1-9-4-3-5-10(17-9)12(20)8-19(2)11-6-7-13(15)18-14(11)16/h3-7,12,20H,8H2,1-2H3. The second-order valence-corrected chi connectivity index (χ2v) is 5.29. The van der Waals surface area contributed by atoms with Crippen molar-refractivity contribution in [1.29, 1.82) is 0 Å². The van der Waals surface area contributed by atoms with E-state index in [2.05, 4.69) is 9.97 Å². The van der Waals surface area contributed by atoms with Crippen LogP contribution in [0.4, 0.5) is 5.69 Å². The van der Waals surface area contributed by atoms with Gasteiger partial charge in [0, 0.05) is 19.3 Å². The fourth-order valence-corrected chi connectivity index (χ4v) is 2.38. The Hall–Kier alpha value is -1.36. The maximum atomic E-state index is 10.2. The van der Waals surface area contributed by atoms with E-state index in [1.165, 1.54) is 0 Å². The molecule has 0 saturated carbocycles. The normalized spacial score (nSPS) is 12.2. The van der Waals surface area contributed by atoms with Crippen LogP contribution in [0, 0.1) is 6.92 Å². The molecule has 0 radical (unpaired) electrons. The van der Waals surface area contributed by atoms with Crippen molar-refractivity contribution < 1.29 is 5.11 Å². The first-order valence-electron chi connectivity index (χ1n) is 6.12. The van der Waals surface area contributed by atoms with Gasteiger partial charge in [-0.05, 0) is 31.2 Å². The van der Waals surface area contributed by atoms with E-state index >= 15 is 0 Å². The maximum absolute atomic E-state index is 10.2. The number of rotatable bonds is 4. The molecule has 2 aromatic rings. The van der Waals surface area contributed by atoms with Gasteiger partial charge in [-0.15, -0.1) is 0 Å². The van der Waals surface area contributed by atoms with Crippen LogP contribution in [-0.2, 0) is 0 Å². The van der Waals surface area contributed by atoms with Crippen molar-refractivity contribution >= 4 is 28.9 Å². The second-order valence-electron chi connectivity index (χ2n) is 4.54. The SMILES string of the molecule is Cc1cccc(C(O)CN(C)c2ccc(Cl)nc2Cl)n1. The zero-order chi connectivity index (χ0) is 14.7. The molecule has 106 valence electrons. The summed E-state index contributed by atoms with van der Waals surface area (Å²) in [6, 6.07) is 9.00. The molecule has 2 aromatic heterocycles. The number of halogens is 2. The minimum absolute atomic E-state index is 0.310. The van der Waals surface area contributed by atoms with Crippen LogP contribution in [0.15, 0.2) is 30.3 Å². The molecule has 1 unspecified atom stereocenters. The monoisotopic (exact) mass is 311 g/mol. The number of nitrogens with zero attached hydrogens (tertiary/aromatic N) is 3. The highest BCUT2D eigenvalue weighted by Crippen LogP contribution is 2.26. The Morgan fingerprint density at radius 3 is 2.60 bits per heavy atom. The van der Waals surface area contributed by atoms with E-state index in [0.29, 0.717) is 28.2 Å². The summed E-state index contributed by atoms with van der Waals surface area (Å²) in [7, 11) is 1.83. The molecular weight excluding hydrogens is 297 g/mol. The molecule has 20 heavy (non-hydrogen) atoms. The molecule has 0 spiro atoms. The minimum Gasteiger partial charge on any atom is -0.385 e. The summed E-state index contributed by atoms with van der Waals surface area (Å²) in [5.74, 6) is 0. The summed E-state index contributed by atoms with van der Waals surface area (Å²) in [5.41, 5.74) is 2.22. The lowest BCUT2D eigenvalue weighted by atomic mass is 10.2. The third-order valence-corrected chi connectivity index (χ3v) is 3.39. The Balaban J connectivity index is 2.12. The third kappa shape index (κ3) is 3.60. The summed E-state index contributed by atoms with van der Waals surface area (Å²) >= 11 is 11.8. The quantitative estimate of drug-likeness (QED) is 0.880. The Bertz CT molecular complexity index is 607. The van der Waals surface area contributed by atoms with Crippen molar-refractivity contribution in [3.8, 4) is 0 Å². The van der Waals surface area contributed by atoms with E-state index < -0.39 is 6.10 Å². The van der Waals surface area contributed by atoms with Crippen LogP contribution in [0.1, 0.15) is 17.5 Å². The largest absolute Gasteiger partial charge is 0.385 e. The summed E-state index contributed by atoms with van der Waals surface area (Å²) < 4.78 is 0. The van der Waals surface area contributed by atoms with Gasteiger partial charge in [-0.2, -0.15) is 0 Å². The van der Waals surface area contributed by atoms with Crippen LogP contribution >= 0.6 is 23.2 Å². The van der Waals surface area contributed by atoms with E-state index in [0.717, 1.165) is 5.69 Å². The van der Waals surface area contributed by atoms with E-state index in [-0.39, 0.29) is 0 Å². The lowest BCUT2D eigenvalue weighted by Gasteiger charge is -2.23. The fourth-order valence-electron chi connectivity index (χ4n) is 1.89. The Morgan fingerprint density at radius 1 is 1.20 bits per heavy atom. The molecule has 0 aromatic carbocycles. The average molecular weight is 312 g/mol. The summed E-state index contributed by atoms with van der Waals surface area (Å²) in [6.07, 6.45) is -0.702. The third-order valence-electron chi connectivity index (χ3n) is 2.90. The molecule has 0 saturated heterocycles. The van der Waals surface area contributed by atoms with E-state index in [9.17, 15) is 5.11 Å². The van der Waals surface area contributed by atoms with Crippen LogP contribution in [0.5, 0.6) is 0 Å². The van der Waals surface area contributed by atoms with Crippen molar-refractivity contribution in [2.24, 2.45) is 0 Å². The Labute approximate surface area is 128 Å². The van der Waals surface area contributed by atoms with E-state index in [4.69, 9.17) is 23.2 Å². The number of anilines is 1. The molecule has 0 bridgehead atoms. The minimum atomic E-state index is -0.702. The van der Waals surface area contributed by atoms with Crippen molar-refractivity contribution in [3.63, 3.8) is 0 Å². The second kappa shape index (κ2) is 6.39. The highest BCUT2D eigenvalue weighted by molar-refractivity contribution is 6.34. The Morgan fingerprint density at radius 2 is 1.95 bits per heavy atom. The molecule has 0 aliphatic heterocycles. The molecule has 0 aliphatic carbocycles. The summed E-state index contributed by atoms with van der Waals surface area (Å²) in [4.78, 5) is 10.1. The van der Waals surface area contributed by atoms with Crippen molar-refractivity contribution in [2.45, 2.75) is 13.0 Å². The predicted molar refractivity (Wildman–Crippen MR) is 81.5 cm³/mol. The number of aliphatic hydroxyl groups excluding tert-OH is 1. The first-order valence-corrected chi connectivity index (χ1v) is 6.88. The number of hydrogen-bond acceptors (Lipinski definition) is 4. The maximum Gasteiger partial charge on any atom is 0.154 e. The number of pyridine rings is 2. The number of aliphatic hydroxyl groups is 1. The smallest absolute Gasteiger partial charge is 0.154 e. The number of aromatic nitrogens is 2. The molecule has 6 heteroatoms. The van der Waals surface area contributed by atoms with Gasteiger partial charge in [-0.3, -0.25) is 4.98 Å². The summed E-state index contributed by atoms with van der Waals surface area (Å²) in [5, 5.41) is 10.9. The first kappa shape index (κ1) is 15.0. The molecule has 0 aliphatic rings. The predicted octanol–water partition coefficient (Wildman–Crippen LogP) is 3.26. The van der Waals surface area contributed by atoms with Crippen LogP contribution in [0.25, 0.3) is 0 Å². The molecule has 2 heterocycles.